The quantitative estimate of drug-likeness (QED) is 0.932. The molecule has 1 amide bonds. The Labute approximate surface area is 128 Å². The minimum absolute atomic E-state index is 0.00143. The Balaban J connectivity index is 2.02. The fraction of sp³-hybridized carbons (Fsp3) is 0.562. The minimum atomic E-state index is -4.36. The van der Waals surface area contributed by atoms with Crippen LogP contribution in [-0.2, 0) is 17.4 Å². The lowest BCUT2D eigenvalue weighted by Crippen LogP contribution is -2.47. The third kappa shape index (κ3) is 4.22. The van der Waals surface area contributed by atoms with Gasteiger partial charge in [0.15, 0.2) is 0 Å². The molecular formula is C16H21F3N2O. The van der Waals surface area contributed by atoms with Gasteiger partial charge in [-0.2, -0.15) is 13.2 Å². The third-order valence-electron chi connectivity index (χ3n) is 3.99. The van der Waals surface area contributed by atoms with Gasteiger partial charge in [-0.3, -0.25) is 4.79 Å². The van der Waals surface area contributed by atoms with E-state index in [-0.39, 0.29) is 17.9 Å². The van der Waals surface area contributed by atoms with Gasteiger partial charge in [0, 0.05) is 25.0 Å². The molecule has 0 bridgehead atoms. The first-order valence-corrected chi connectivity index (χ1v) is 7.48. The summed E-state index contributed by atoms with van der Waals surface area (Å²) in [6.45, 7) is 2.97. The predicted octanol–water partition coefficient (Wildman–Crippen LogP) is 2.83. The average Bonchev–Trinajstić information content (AvgIpc) is 2.46. The molecule has 0 saturated carbocycles. The van der Waals surface area contributed by atoms with Crippen LogP contribution < -0.4 is 5.73 Å². The predicted molar refractivity (Wildman–Crippen MR) is 78.1 cm³/mol. The first-order valence-electron chi connectivity index (χ1n) is 7.48. The number of hydrogen-bond acceptors (Lipinski definition) is 2. The number of likely N-dealkylation sites (tertiary alicyclic amines) is 1. The van der Waals surface area contributed by atoms with E-state index in [1.54, 1.807) is 17.9 Å². The SMILES string of the molecule is CC(Cc1cccc(C(F)(F)F)c1)C(=O)N1CCCC(N)C1. The number of halogens is 3. The van der Waals surface area contributed by atoms with Crippen LogP contribution in [0.2, 0.25) is 0 Å². The van der Waals surface area contributed by atoms with Crippen LogP contribution >= 0.6 is 0 Å². The van der Waals surface area contributed by atoms with Crippen LogP contribution in [0.15, 0.2) is 24.3 Å². The van der Waals surface area contributed by atoms with Crippen molar-refractivity contribution in [2.75, 3.05) is 13.1 Å². The normalized spacial score (nSPS) is 20.8. The van der Waals surface area contributed by atoms with Crippen molar-refractivity contribution >= 4 is 5.91 Å². The largest absolute Gasteiger partial charge is 0.416 e. The monoisotopic (exact) mass is 314 g/mol. The Morgan fingerprint density at radius 2 is 2.18 bits per heavy atom. The summed E-state index contributed by atoms with van der Waals surface area (Å²) in [5.41, 5.74) is 5.71. The number of nitrogens with two attached hydrogens (primary N) is 1. The highest BCUT2D eigenvalue weighted by Gasteiger charge is 2.31. The summed E-state index contributed by atoms with van der Waals surface area (Å²) in [5.74, 6) is -0.388. The van der Waals surface area contributed by atoms with Gasteiger partial charge >= 0.3 is 6.18 Å². The maximum absolute atomic E-state index is 12.7. The van der Waals surface area contributed by atoms with Crippen molar-refractivity contribution in [3.05, 3.63) is 35.4 Å². The molecule has 2 N–H and O–H groups in total. The molecule has 1 aromatic rings. The molecule has 1 aliphatic rings. The van der Waals surface area contributed by atoms with E-state index >= 15 is 0 Å². The van der Waals surface area contributed by atoms with Crippen molar-refractivity contribution < 1.29 is 18.0 Å². The molecule has 3 nitrogen and oxygen atoms in total. The molecule has 2 atom stereocenters. The van der Waals surface area contributed by atoms with Gasteiger partial charge in [-0.15, -0.1) is 0 Å². The molecule has 2 unspecified atom stereocenters. The second kappa shape index (κ2) is 6.69. The Hall–Kier alpha value is -1.56. The van der Waals surface area contributed by atoms with Gasteiger partial charge in [-0.25, -0.2) is 0 Å². The van der Waals surface area contributed by atoms with Crippen LogP contribution in [0.1, 0.15) is 30.9 Å². The first kappa shape index (κ1) is 16.8. The van der Waals surface area contributed by atoms with Crippen LogP contribution in [-0.4, -0.2) is 29.9 Å². The van der Waals surface area contributed by atoms with E-state index in [1.165, 1.54) is 6.07 Å². The number of amides is 1. The van der Waals surface area contributed by atoms with Crippen molar-refractivity contribution in [1.29, 1.82) is 0 Å². The summed E-state index contributed by atoms with van der Waals surface area (Å²) in [4.78, 5) is 14.1. The molecule has 122 valence electrons. The summed E-state index contributed by atoms with van der Waals surface area (Å²) in [5, 5.41) is 0. The maximum Gasteiger partial charge on any atom is 0.416 e. The molecule has 0 aliphatic carbocycles. The van der Waals surface area contributed by atoms with E-state index in [0.717, 1.165) is 25.0 Å². The topological polar surface area (TPSA) is 46.3 Å². The zero-order valence-corrected chi connectivity index (χ0v) is 12.6. The number of alkyl halides is 3. The van der Waals surface area contributed by atoms with Gasteiger partial charge in [0.05, 0.1) is 5.56 Å². The first-order chi connectivity index (χ1) is 10.3. The van der Waals surface area contributed by atoms with Crippen LogP contribution in [0.4, 0.5) is 13.2 Å². The highest BCUT2D eigenvalue weighted by molar-refractivity contribution is 5.79. The number of carbonyl (C=O) groups is 1. The van der Waals surface area contributed by atoms with Gasteiger partial charge in [0.2, 0.25) is 5.91 Å². The van der Waals surface area contributed by atoms with Crippen molar-refractivity contribution in [3.63, 3.8) is 0 Å². The van der Waals surface area contributed by atoms with Gasteiger partial charge in [0.1, 0.15) is 0 Å². The van der Waals surface area contributed by atoms with Crippen molar-refractivity contribution in [2.24, 2.45) is 11.7 Å². The second-order valence-electron chi connectivity index (χ2n) is 5.99. The van der Waals surface area contributed by atoms with Crippen LogP contribution in [0.5, 0.6) is 0 Å². The Kier molecular flexibility index (Phi) is 5.11. The minimum Gasteiger partial charge on any atom is -0.341 e. The zero-order chi connectivity index (χ0) is 16.3. The molecule has 0 aromatic heterocycles. The molecule has 6 heteroatoms. The standard InChI is InChI=1S/C16H21F3N2O/c1-11(15(22)21-7-3-6-14(20)10-21)8-12-4-2-5-13(9-12)16(17,18)19/h2,4-5,9,11,14H,3,6-8,10,20H2,1H3. The summed E-state index contributed by atoms with van der Waals surface area (Å²) in [7, 11) is 0. The lowest BCUT2D eigenvalue weighted by atomic mass is 9.96. The van der Waals surface area contributed by atoms with Crippen molar-refractivity contribution in [2.45, 2.75) is 38.4 Å². The van der Waals surface area contributed by atoms with Gasteiger partial charge in [-0.05, 0) is 30.9 Å². The number of carbonyl (C=O) groups excluding carboxylic acids is 1. The number of rotatable bonds is 3. The fourth-order valence-electron chi connectivity index (χ4n) is 2.84. The zero-order valence-electron chi connectivity index (χ0n) is 12.6. The summed E-state index contributed by atoms with van der Waals surface area (Å²) in [6, 6.07) is 5.16. The Bertz CT molecular complexity index is 530. The summed E-state index contributed by atoms with van der Waals surface area (Å²) < 4.78 is 38.1. The van der Waals surface area contributed by atoms with Gasteiger partial charge in [-0.1, -0.05) is 25.1 Å². The maximum atomic E-state index is 12.7. The molecular weight excluding hydrogens is 293 g/mol. The highest BCUT2D eigenvalue weighted by atomic mass is 19.4. The number of benzene rings is 1. The van der Waals surface area contributed by atoms with E-state index in [0.29, 0.717) is 25.1 Å². The molecule has 1 heterocycles. The third-order valence-corrected chi connectivity index (χ3v) is 3.99. The molecule has 2 rings (SSSR count). The van der Waals surface area contributed by atoms with Crippen LogP contribution in [0.25, 0.3) is 0 Å². The number of hydrogen-bond donors (Lipinski definition) is 1. The van der Waals surface area contributed by atoms with E-state index in [2.05, 4.69) is 0 Å². The molecule has 1 aromatic carbocycles. The number of nitrogens with zero attached hydrogens (tertiary/aromatic N) is 1. The van der Waals surface area contributed by atoms with Gasteiger partial charge in [0.25, 0.3) is 0 Å². The highest BCUT2D eigenvalue weighted by Crippen LogP contribution is 2.30. The van der Waals surface area contributed by atoms with Crippen LogP contribution in [0.3, 0.4) is 0 Å². The summed E-state index contributed by atoms with van der Waals surface area (Å²) in [6.07, 6.45) is -2.27. The Morgan fingerprint density at radius 1 is 1.45 bits per heavy atom. The second-order valence-corrected chi connectivity index (χ2v) is 5.99. The van der Waals surface area contributed by atoms with E-state index in [1.807, 2.05) is 0 Å². The van der Waals surface area contributed by atoms with Crippen molar-refractivity contribution in [3.8, 4) is 0 Å². The smallest absolute Gasteiger partial charge is 0.341 e. The van der Waals surface area contributed by atoms with E-state index in [9.17, 15) is 18.0 Å². The molecule has 1 fully saturated rings. The lowest BCUT2D eigenvalue weighted by Gasteiger charge is -2.32. The van der Waals surface area contributed by atoms with Gasteiger partial charge < -0.3 is 10.6 Å². The summed E-state index contributed by atoms with van der Waals surface area (Å²) >= 11 is 0. The molecule has 1 aliphatic heterocycles. The molecule has 0 spiro atoms. The molecule has 22 heavy (non-hydrogen) atoms. The van der Waals surface area contributed by atoms with E-state index in [4.69, 9.17) is 5.73 Å². The number of piperidine rings is 1. The van der Waals surface area contributed by atoms with Crippen LogP contribution in [0, 0.1) is 5.92 Å². The fourth-order valence-corrected chi connectivity index (χ4v) is 2.84. The average molecular weight is 314 g/mol. The lowest BCUT2D eigenvalue weighted by molar-refractivity contribution is -0.137. The van der Waals surface area contributed by atoms with E-state index < -0.39 is 11.7 Å². The Morgan fingerprint density at radius 3 is 2.82 bits per heavy atom. The van der Waals surface area contributed by atoms with Crippen molar-refractivity contribution in [1.82, 2.24) is 4.90 Å². The molecule has 0 radical (unpaired) electrons. The molecule has 1 saturated heterocycles.